The van der Waals surface area contributed by atoms with Gasteiger partial charge in [0.15, 0.2) is 0 Å². The molecule has 2 rings (SSSR count). The number of nitrogens with zero attached hydrogens (tertiary/aromatic N) is 1. The molecule has 1 aromatic heterocycles. The molecule has 1 heterocycles. The van der Waals surface area contributed by atoms with E-state index in [4.69, 9.17) is 4.74 Å². The second kappa shape index (κ2) is 6.06. The molecule has 0 spiro atoms. The van der Waals surface area contributed by atoms with Crippen LogP contribution in [-0.4, -0.2) is 15.9 Å². The Labute approximate surface area is 116 Å². The van der Waals surface area contributed by atoms with Crippen molar-refractivity contribution in [2.24, 2.45) is 0 Å². The van der Waals surface area contributed by atoms with Crippen molar-refractivity contribution in [2.75, 3.05) is 0 Å². The van der Waals surface area contributed by atoms with Crippen molar-refractivity contribution >= 4 is 5.97 Å². The summed E-state index contributed by atoms with van der Waals surface area (Å²) in [6.07, 6.45) is 0.417. The molecular weight excluding hydrogens is 258 g/mol. The summed E-state index contributed by atoms with van der Waals surface area (Å²) in [7, 11) is 0. The highest BCUT2D eigenvalue weighted by atomic mass is 16.5. The molecule has 0 saturated carbocycles. The van der Waals surface area contributed by atoms with Gasteiger partial charge in [-0.25, -0.2) is 0 Å². The fourth-order valence-corrected chi connectivity index (χ4v) is 1.88. The van der Waals surface area contributed by atoms with Crippen molar-refractivity contribution in [3.05, 3.63) is 69.6 Å². The molecule has 0 unspecified atom stereocenters. The van der Waals surface area contributed by atoms with Gasteiger partial charge in [-0.1, -0.05) is 30.3 Å². The maximum Gasteiger partial charge on any atom is 0.302 e. The van der Waals surface area contributed by atoms with Crippen LogP contribution in [0.2, 0.25) is 0 Å². The Hall–Kier alpha value is -2.56. The molecule has 5 heteroatoms. The highest BCUT2D eigenvalue weighted by Crippen LogP contribution is 2.10. The zero-order valence-electron chi connectivity index (χ0n) is 11.1. The van der Waals surface area contributed by atoms with Crippen LogP contribution < -0.4 is 5.56 Å². The number of esters is 1. The van der Waals surface area contributed by atoms with Crippen molar-refractivity contribution in [1.82, 2.24) is 4.73 Å². The molecule has 20 heavy (non-hydrogen) atoms. The minimum atomic E-state index is -0.541. The van der Waals surface area contributed by atoms with E-state index in [9.17, 15) is 14.8 Å². The predicted octanol–water partition coefficient (Wildman–Crippen LogP) is 1.74. The Bertz CT molecular complexity index is 661. The molecule has 1 aromatic carbocycles. The highest BCUT2D eigenvalue weighted by Gasteiger charge is 2.08. The summed E-state index contributed by atoms with van der Waals surface area (Å²) < 4.78 is 5.47. The van der Waals surface area contributed by atoms with Gasteiger partial charge in [0.25, 0.3) is 5.56 Å². The second-order valence-corrected chi connectivity index (χ2v) is 4.45. The van der Waals surface area contributed by atoms with Crippen LogP contribution in [0.25, 0.3) is 0 Å². The number of carbonyl (C=O) groups excluding carboxylic acids is 1. The number of ether oxygens (including phenoxy) is 1. The number of carbonyl (C=O) groups is 1. The lowest BCUT2D eigenvalue weighted by molar-refractivity contribution is -0.142. The van der Waals surface area contributed by atoms with Gasteiger partial charge in [0, 0.05) is 19.4 Å². The van der Waals surface area contributed by atoms with Crippen LogP contribution >= 0.6 is 0 Å². The average Bonchev–Trinajstić information content (AvgIpc) is 2.43. The van der Waals surface area contributed by atoms with Gasteiger partial charge in [0.1, 0.15) is 6.61 Å². The zero-order chi connectivity index (χ0) is 14.5. The third-order valence-corrected chi connectivity index (χ3v) is 2.81. The molecule has 104 valence electrons. The van der Waals surface area contributed by atoms with Gasteiger partial charge in [0.05, 0.1) is 5.69 Å². The Kier molecular flexibility index (Phi) is 4.20. The quantitative estimate of drug-likeness (QED) is 0.680. The zero-order valence-corrected chi connectivity index (χ0v) is 11.1. The molecule has 0 fully saturated rings. The Balaban J connectivity index is 2.27. The van der Waals surface area contributed by atoms with Crippen LogP contribution in [0.15, 0.2) is 47.3 Å². The number of pyridine rings is 1. The van der Waals surface area contributed by atoms with Gasteiger partial charge in [-0.05, 0) is 17.2 Å². The second-order valence-electron chi connectivity index (χ2n) is 4.45. The summed E-state index contributed by atoms with van der Waals surface area (Å²) in [5, 5.41) is 9.76. The van der Waals surface area contributed by atoms with Crippen molar-refractivity contribution in [3.63, 3.8) is 0 Å². The summed E-state index contributed by atoms with van der Waals surface area (Å²) >= 11 is 0. The molecule has 0 bridgehead atoms. The Morgan fingerprint density at radius 2 is 1.90 bits per heavy atom. The van der Waals surface area contributed by atoms with Gasteiger partial charge < -0.3 is 9.94 Å². The third-order valence-electron chi connectivity index (χ3n) is 2.81. The summed E-state index contributed by atoms with van der Waals surface area (Å²) in [4.78, 5) is 22.5. The molecule has 0 saturated heterocycles. The normalized spacial score (nSPS) is 10.2. The standard InChI is InChI=1S/C15H15NO4/c1-11(17)20-10-13-8-14(16(19)15(18)9-13)7-12-5-3-2-4-6-12/h2-6,8-9,19H,7,10H2,1H3. The average molecular weight is 273 g/mol. The van der Waals surface area contributed by atoms with Crippen LogP contribution in [0.4, 0.5) is 0 Å². The summed E-state index contributed by atoms with van der Waals surface area (Å²) in [5.41, 5.74) is 1.44. The number of hydrogen-bond acceptors (Lipinski definition) is 4. The van der Waals surface area contributed by atoms with Crippen LogP contribution in [-0.2, 0) is 22.6 Å². The Morgan fingerprint density at radius 1 is 1.20 bits per heavy atom. The van der Waals surface area contributed by atoms with E-state index in [1.807, 2.05) is 30.3 Å². The maximum absolute atomic E-state index is 11.7. The lowest BCUT2D eigenvalue weighted by Gasteiger charge is -2.09. The largest absolute Gasteiger partial charge is 0.461 e. The van der Waals surface area contributed by atoms with E-state index in [0.717, 1.165) is 5.56 Å². The van der Waals surface area contributed by atoms with Crippen LogP contribution in [0.3, 0.4) is 0 Å². The molecule has 5 nitrogen and oxygen atoms in total. The van der Waals surface area contributed by atoms with Crippen molar-refractivity contribution in [1.29, 1.82) is 0 Å². The van der Waals surface area contributed by atoms with Crippen molar-refractivity contribution < 1.29 is 14.7 Å². The van der Waals surface area contributed by atoms with Crippen LogP contribution in [0.5, 0.6) is 0 Å². The van der Waals surface area contributed by atoms with Gasteiger partial charge in [-0.3, -0.25) is 9.59 Å². The van der Waals surface area contributed by atoms with E-state index in [1.54, 1.807) is 6.07 Å². The molecule has 0 amide bonds. The first-order valence-corrected chi connectivity index (χ1v) is 6.17. The van der Waals surface area contributed by atoms with Gasteiger partial charge in [0.2, 0.25) is 0 Å². The molecule has 0 radical (unpaired) electrons. The van der Waals surface area contributed by atoms with E-state index >= 15 is 0 Å². The smallest absolute Gasteiger partial charge is 0.302 e. The SMILES string of the molecule is CC(=O)OCc1cc(Cc2ccccc2)n(O)c(=O)c1. The van der Waals surface area contributed by atoms with Crippen molar-refractivity contribution in [3.8, 4) is 0 Å². The van der Waals surface area contributed by atoms with Gasteiger partial charge >= 0.3 is 5.97 Å². The van der Waals surface area contributed by atoms with E-state index < -0.39 is 11.5 Å². The molecule has 2 aromatic rings. The minimum absolute atomic E-state index is 0.0210. The van der Waals surface area contributed by atoms with E-state index in [2.05, 4.69) is 0 Å². The number of aromatic nitrogens is 1. The van der Waals surface area contributed by atoms with Crippen LogP contribution in [0, 0.1) is 0 Å². The van der Waals surface area contributed by atoms with E-state index in [0.29, 0.717) is 22.4 Å². The fraction of sp³-hybridized carbons (Fsp3) is 0.200. The molecular formula is C15H15NO4. The lowest BCUT2D eigenvalue weighted by Crippen LogP contribution is -2.22. The lowest BCUT2D eigenvalue weighted by atomic mass is 10.1. The first-order chi connectivity index (χ1) is 9.56. The monoisotopic (exact) mass is 273 g/mol. The Morgan fingerprint density at radius 3 is 2.55 bits per heavy atom. The molecule has 0 aliphatic heterocycles. The first kappa shape index (κ1) is 13.9. The first-order valence-electron chi connectivity index (χ1n) is 6.17. The number of benzene rings is 1. The summed E-state index contributed by atoms with van der Waals surface area (Å²) in [5.74, 6) is -0.414. The van der Waals surface area contributed by atoms with Crippen LogP contribution in [0.1, 0.15) is 23.7 Å². The maximum atomic E-state index is 11.7. The number of rotatable bonds is 4. The molecule has 0 aliphatic carbocycles. The van der Waals surface area contributed by atoms with E-state index in [-0.39, 0.29) is 6.61 Å². The fourth-order valence-electron chi connectivity index (χ4n) is 1.88. The minimum Gasteiger partial charge on any atom is -0.461 e. The molecule has 0 atom stereocenters. The van der Waals surface area contributed by atoms with Crippen molar-refractivity contribution in [2.45, 2.75) is 20.0 Å². The number of hydrogen-bond donors (Lipinski definition) is 1. The molecule has 1 N–H and O–H groups in total. The summed E-state index contributed by atoms with van der Waals surface area (Å²) in [6, 6.07) is 12.4. The highest BCUT2D eigenvalue weighted by molar-refractivity contribution is 5.65. The van der Waals surface area contributed by atoms with Gasteiger partial charge in [-0.2, -0.15) is 4.73 Å². The topological polar surface area (TPSA) is 68.5 Å². The predicted molar refractivity (Wildman–Crippen MR) is 72.6 cm³/mol. The van der Waals surface area contributed by atoms with Gasteiger partial charge in [-0.15, -0.1) is 0 Å². The third kappa shape index (κ3) is 3.47. The summed E-state index contributed by atoms with van der Waals surface area (Å²) in [6.45, 7) is 1.32. The van der Waals surface area contributed by atoms with E-state index in [1.165, 1.54) is 13.0 Å². The molecule has 0 aliphatic rings.